The van der Waals surface area contributed by atoms with Gasteiger partial charge in [0.25, 0.3) is 5.91 Å². The first kappa shape index (κ1) is 18.4. The molecule has 142 valence electrons. The average Bonchev–Trinajstić information content (AvgIpc) is 3.16. The fourth-order valence-corrected chi connectivity index (χ4v) is 4.46. The molecule has 0 N–H and O–H groups in total. The molecule has 0 unspecified atom stereocenters. The number of rotatable bonds is 6. The molecule has 5 heteroatoms. The van der Waals surface area contributed by atoms with Crippen molar-refractivity contribution in [3.05, 3.63) is 83.4 Å². The van der Waals surface area contributed by atoms with Crippen LogP contribution in [-0.4, -0.2) is 17.4 Å². The van der Waals surface area contributed by atoms with Gasteiger partial charge in [0.2, 0.25) is 0 Å². The number of hydrogen-bond donors (Lipinski definition) is 0. The zero-order chi connectivity index (χ0) is 19.3. The smallest absolute Gasteiger partial charge is 0.260 e. The molecule has 0 aliphatic heterocycles. The lowest BCUT2D eigenvalue weighted by Gasteiger charge is -2.18. The van der Waals surface area contributed by atoms with Gasteiger partial charge in [0.05, 0.1) is 5.69 Å². The Bertz CT molecular complexity index is 958. The van der Waals surface area contributed by atoms with Crippen LogP contribution in [0.4, 0.5) is 5.13 Å². The van der Waals surface area contributed by atoms with Crippen LogP contribution in [0, 0.1) is 0 Å². The molecule has 0 saturated carbocycles. The van der Waals surface area contributed by atoms with E-state index in [1.165, 1.54) is 17.7 Å². The van der Waals surface area contributed by atoms with Gasteiger partial charge >= 0.3 is 0 Å². The van der Waals surface area contributed by atoms with Crippen LogP contribution < -0.4 is 9.64 Å². The second-order valence-electron chi connectivity index (χ2n) is 6.72. The molecule has 0 spiro atoms. The molecular formula is C23H22N2O2S. The van der Waals surface area contributed by atoms with Gasteiger partial charge in [-0.05, 0) is 56.0 Å². The number of hydrogen-bond acceptors (Lipinski definition) is 4. The monoisotopic (exact) mass is 390 g/mol. The first-order valence-corrected chi connectivity index (χ1v) is 10.3. The van der Waals surface area contributed by atoms with E-state index in [-0.39, 0.29) is 5.91 Å². The molecule has 0 bridgehead atoms. The first-order chi connectivity index (χ1) is 13.7. The first-order valence-electron chi connectivity index (χ1n) is 9.49. The van der Waals surface area contributed by atoms with Crippen molar-refractivity contribution < 1.29 is 9.53 Å². The molecule has 1 aliphatic rings. The van der Waals surface area contributed by atoms with E-state index in [1.807, 2.05) is 48.5 Å². The molecule has 4 rings (SSSR count). The molecule has 4 nitrogen and oxygen atoms in total. The summed E-state index contributed by atoms with van der Waals surface area (Å²) < 4.78 is 5.88. The van der Waals surface area contributed by atoms with E-state index >= 15 is 0 Å². The van der Waals surface area contributed by atoms with Gasteiger partial charge in [-0.1, -0.05) is 30.3 Å². The van der Waals surface area contributed by atoms with E-state index in [1.54, 1.807) is 28.4 Å². The summed E-state index contributed by atoms with van der Waals surface area (Å²) in [5.74, 6) is 1.28. The number of carbonyl (C=O) groups is 1. The van der Waals surface area contributed by atoms with Crippen molar-refractivity contribution in [2.75, 3.05) is 11.4 Å². The summed E-state index contributed by atoms with van der Waals surface area (Å²) in [6.45, 7) is 4.24. The van der Waals surface area contributed by atoms with Crippen LogP contribution in [0.25, 0.3) is 0 Å². The predicted octanol–water partition coefficient (Wildman–Crippen LogP) is 5.65. The number of benzene rings is 2. The number of nitrogens with zero attached hydrogens (tertiary/aromatic N) is 2. The molecule has 0 atom stereocenters. The summed E-state index contributed by atoms with van der Waals surface area (Å²) in [4.78, 5) is 21.0. The van der Waals surface area contributed by atoms with Gasteiger partial charge in [-0.15, -0.1) is 17.9 Å². The van der Waals surface area contributed by atoms with Crippen molar-refractivity contribution in [3.63, 3.8) is 0 Å². The van der Waals surface area contributed by atoms with Crippen LogP contribution in [0.15, 0.2) is 67.3 Å². The molecule has 0 radical (unpaired) electrons. The summed E-state index contributed by atoms with van der Waals surface area (Å²) in [6, 6.07) is 16.8. The van der Waals surface area contributed by atoms with Gasteiger partial charge in [0.1, 0.15) is 11.5 Å². The third-order valence-electron chi connectivity index (χ3n) is 4.68. The largest absolute Gasteiger partial charge is 0.457 e. The summed E-state index contributed by atoms with van der Waals surface area (Å²) in [5.41, 5.74) is 1.72. The standard InChI is InChI=1S/C23H22N2O2S/c1-2-15-25(23-24-20-13-6-7-14-21(20)28-23)22(26)17-9-8-12-19(16-17)27-18-10-4-3-5-11-18/h2-5,8-12,16H,1,6-7,13-15H2. The maximum Gasteiger partial charge on any atom is 0.260 e. The molecule has 2 aromatic carbocycles. The Labute approximate surface area is 169 Å². The highest BCUT2D eigenvalue weighted by Crippen LogP contribution is 2.33. The Morgan fingerprint density at radius 2 is 1.89 bits per heavy atom. The van der Waals surface area contributed by atoms with E-state index in [9.17, 15) is 4.79 Å². The third-order valence-corrected chi connectivity index (χ3v) is 5.86. The summed E-state index contributed by atoms with van der Waals surface area (Å²) >= 11 is 1.63. The minimum Gasteiger partial charge on any atom is -0.457 e. The molecule has 1 heterocycles. The Hall–Kier alpha value is -2.92. The van der Waals surface area contributed by atoms with Crippen molar-refractivity contribution in [2.45, 2.75) is 25.7 Å². The number of aromatic nitrogens is 1. The fraction of sp³-hybridized carbons (Fsp3) is 0.217. The minimum atomic E-state index is -0.0930. The van der Waals surface area contributed by atoms with Gasteiger partial charge in [0, 0.05) is 17.0 Å². The SMILES string of the molecule is C=CCN(C(=O)c1cccc(Oc2ccccc2)c1)c1nc2c(s1)CCCC2. The molecule has 1 amide bonds. The van der Waals surface area contributed by atoms with Gasteiger partial charge in [-0.3, -0.25) is 9.69 Å². The van der Waals surface area contributed by atoms with Crippen molar-refractivity contribution in [3.8, 4) is 11.5 Å². The molecule has 0 saturated heterocycles. The minimum absolute atomic E-state index is 0.0930. The van der Waals surface area contributed by atoms with Crippen molar-refractivity contribution in [2.24, 2.45) is 0 Å². The molecule has 0 fully saturated rings. The molecule has 3 aromatic rings. The number of ether oxygens (including phenoxy) is 1. The number of aryl methyl sites for hydroxylation is 2. The normalized spacial score (nSPS) is 12.9. The van der Waals surface area contributed by atoms with E-state index < -0.39 is 0 Å². The lowest BCUT2D eigenvalue weighted by molar-refractivity contribution is 0.0989. The molecule has 1 aromatic heterocycles. The number of carbonyl (C=O) groups excluding carboxylic acids is 1. The van der Waals surface area contributed by atoms with Gasteiger partial charge in [0.15, 0.2) is 5.13 Å². The van der Waals surface area contributed by atoms with Crippen molar-refractivity contribution in [1.82, 2.24) is 4.98 Å². The van der Waals surface area contributed by atoms with Crippen LogP contribution in [0.1, 0.15) is 33.8 Å². The van der Waals surface area contributed by atoms with Crippen LogP contribution in [-0.2, 0) is 12.8 Å². The molecule has 1 aliphatic carbocycles. The third kappa shape index (κ3) is 3.99. The zero-order valence-corrected chi connectivity index (χ0v) is 16.5. The number of thiazole rings is 1. The van der Waals surface area contributed by atoms with Gasteiger partial charge < -0.3 is 4.74 Å². The highest BCUT2D eigenvalue weighted by molar-refractivity contribution is 7.16. The fourth-order valence-electron chi connectivity index (χ4n) is 3.30. The Balaban J connectivity index is 1.59. The zero-order valence-electron chi connectivity index (χ0n) is 15.6. The summed E-state index contributed by atoms with van der Waals surface area (Å²) in [5, 5.41) is 0.756. The van der Waals surface area contributed by atoms with Crippen molar-refractivity contribution >= 4 is 22.4 Å². The maximum absolute atomic E-state index is 13.2. The predicted molar refractivity (Wildman–Crippen MR) is 114 cm³/mol. The average molecular weight is 391 g/mol. The lowest BCUT2D eigenvalue weighted by atomic mass is 10.0. The number of amides is 1. The van der Waals surface area contributed by atoms with Crippen molar-refractivity contribution in [1.29, 1.82) is 0 Å². The molecule has 28 heavy (non-hydrogen) atoms. The maximum atomic E-state index is 13.2. The van der Waals surface area contributed by atoms with E-state index in [2.05, 4.69) is 6.58 Å². The van der Waals surface area contributed by atoms with Gasteiger partial charge in [-0.2, -0.15) is 0 Å². The Morgan fingerprint density at radius 1 is 1.11 bits per heavy atom. The Kier molecular flexibility index (Phi) is 5.53. The van der Waals surface area contributed by atoms with Crippen LogP contribution in [0.2, 0.25) is 0 Å². The highest BCUT2D eigenvalue weighted by Gasteiger charge is 2.23. The second kappa shape index (κ2) is 8.40. The van der Waals surface area contributed by atoms with E-state index in [4.69, 9.17) is 9.72 Å². The topological polar surface area (TPSA) is 42.4 Å². The van der Waals surface area contributed by atoms with Crippen LogP contribution in [0.3, 0.4) is 0 Å². The Morgan fingerprint density at radius 3 is 2.68 bits per heavy atom. The van der Waals surface area contributed by atoms with E-state index in [0.717, 1.165) is 29.4 Å². The summed E-state index contributed by atoms with van der Waals surface area (Å²) in [6.07, 6.45) is 6.17. The molecular weight excluding hydrogens is 368 g/mol. The number of fused-ring (bicyclic) bond motifs is 1. The summed E-state index contributed by atoms with van der Waals surface area (Å²) in [7, 11) is 0. The second-order valence-corrected chi connectivity index (χ2v) is 7.78. The van der Waals surface area contributed by atoms with E-state index in [0.29, 0.717) is 17.9 Å². The number of para-hydroxylation sites is 1. The van der Waals surface area contributed by atoms with Crippen LogP contribution >= 0.6 is 11.3 Å². The van der Waals surface area contributed by atoms with Crippen LogP contribution in [0.5, 0.6) is 11.5 Å². The number of anilines is 1. The quantitative estimate of drug-likeness (QED) is 0.511. The highest BCUT2D eigenvalue weighted by atomic mass is 32.1. The van der Waals surface area contributed by atoms with Gasteiger partial charge in [-0.25, -0.2) is 4.98 Å². The lowest BCUT2D eigenvalue weighted by Crippen LogP contribution is -2.31.